The molecule has 1 saturated heterocycles. The highest BCUT2D eigenvalue weighted by Gasteiger charge is 2.41. The number of hydrogen-bond donors (Lipinski definition) is 5. The zero-order valence-electron chi connectivity index (χ0n) is 20.0. The summed E-state index contributed by atoms with van der Waals surface area (Å²) < 4.78 is 4.99. The summed E-state index contributed by atoms with van der Waals surface area (Å²) in [5, 5.41) is 8.11. The lowest BCUT2D eigenvalue weighted by Crippen LogP contribution is -2.56. The van der Waals surface area contributed by atoms with Crippen molar-refractivity contribution < 1.29 is 28.7 Å². The molecular formula is C22H37N5O6. The van der Waals surface area contributed by atoms with Crippen LogP contribution in [0.3, 0.4) is 0 Å². The zero-order chi connectivity index (χ0) is 25.1. The molecule has 4 atom stereocenters. The number of rotatable bonds is 10. The quantitative estimate of drug-likeness (QED) is 0.302. The first-order valence-corrected chi connectivity index (χ1v) is 11.3. The molecule has 5 amide bonds. The van der Waals surface area contributed by atoms with E-state index in [1.807, 2.05) is 13.8 Å². The van der Waals surface area contributed by atoms with Crippen LogP contribution in [0.2, 0.25) is 0 Å². The van der Waals surface area contributed by atoms with Crippen molar-refractivity contribution >= 4 is 29.7 Å². The van der Waals surface area contributed by atoms with Gasteiger partial charge in [-0.05, 0) is 39.0 Å². The largest absolute Gasteiger partial charge is 0.436 e. The fourth-order valence-electron chi connectivity index (χ4n) is 4.09. The third-order valence-electron chi connectivity index (χ3n) is 5.93. The molecule has 1 heterocycles. The summed E-state index contributed by atoms with van der Waals surface area (Å²) in [6.45, 7) is 8.86. The van der Waals surface area contributed by atoms with E-state index >= 15 is 0 Å². The van der Waals surface area contributed by atoms with Gasteiger partial charge in [0.2, 0.25) is 17.7 Å². The highest BCUT2D eigenvalue weighted by atomic mass is 16.6. The van der Waals surface area contributed by atoms with Crippen molar-refractivity contribution in [1.29, 1.82) is 0 Å². The highest BCUT2D eigenvalue weighted by Crippen LogP contribution is 2.34. The Morgan fingerprint density at radius 1 is 1.06 bits per heavy atom. The first-order chi connectivity index (χ1) is 15.1. The number of nitrogens with two attached hydrogens (primary N) is 2. The monoisotopic (exact) mass is 467 g/mol. The first kappa shape index (κ1) is 26.4. The molecule has 0 aromatic rings. The van der Waals surface area contributed by atoms with Crippen molar-refractivity contribution in [2.24, 2.45) is 28.7 Å². The molecule has 1 aliphatic carbocycles. The molecule has 0 aromatic carbocycles. The molecule has 7 N–H and O–H groups in total. The van der Waals surface area contributed by atoms with Gasteiger partial charge in [-0.15, -0.1) is 0 Å². The van der Waals surface area contributed by atoms with Gasteiger partial charge in [0.1, 0.15) is 12.1 Å². The minimum atomic E-state index is -1.21. The molecule has 2 fully saturated rings. The van der Waals surface area contributed by atoms with Crippen molar-refractivity contribution in [3.8, 4) is 0 Å². The van der Waals surface area contributed by atoms with Gasteiger partial charge >= 0.3 is 6.09 Å². The van der Waals surface area contributed by atoms with Gasteiger partial charge in [-0.3, -0.25) is 19.2 Å². The maximum absolute atomic E-state index is 13.1. The molecule has 0 spiro atoms. The summed E-state index contributed by atoms with van der Waals surface area (Å²) in [4.78, 5) is 61.5. The van der Waals surface area contributed by atoms with Crippen molar-refractivity contribution in [3.63, 3.8) is 0 Å². The van der Waals surface area contributed by atoms with E-state index in [4.69, 9.17) is 16.2 Å². The summed E-state index contributed by atoms with van der Waals surface area (Å²) in [5.41, 5.74) is 9.45. The summed E-state index contributed by atoms with van der Waals surface area (Å²) in [5.74, 6) is -2.40. The normalized spacial score (nSPS) is 22.5. The summed E-state index contributed by atoms with van der Waals surface area (Å²) in [6, 6.07) is -2.02. The Hall–Kier alpha value is -2.85. The van der Waals surface area contributed by atoms with Crippen LogP contribution in [-0.2, 0) is 23.9 Å². The Kier molecular flexibility index (Phi) is 7.97. The summed E-state index contributed by atoms with van der Waals surface area (Å²) in [6.07, 6.45) is 0.489. The molecule has 0 aromatic heterocycles. The lowest BCUT2D eigenvalue weighted by atomic mass is 9.88. The Balaban J connectivity index is 2.11. The van der Waals surface area contributed by atoms with Gasteiger partial charge in [0.15, 0.2) is 6.10 Å². The molecule has 0 radical (unpaired) electrons. The van der Waals surface area contributed by atoms with Gasteiger partial charge < -0.3 is 32.2 Å². The van der Waals surface area contributed by atoms with Gasteiger partial charge in [-0.1, -0.05) is 33.6 Å². The molecule has 1 aliphatic heterocycles. The topological polar surface area (TPSA) is 183 Å². The Morgan fingerprint density at radius 2 is 1.64 bits per heavy atom. The van der Waals surface area contributed by atoms with E-state index < -0.39 is 58.9 Å². The maximum atomic E-state index is 13.1. The molecule has 11 heteroatoms. The smallest absolute Gasteiger partial charge is 0.405 e. The van der Waals surface area contributed by atoms with Gasteiger partial charge in [-0.25, -0.2) is 4.79 Å². The second-order valence-corrected chi connectivity index (χ2v) is 10.9. The maximum Gasteiger partial charge on any atom is 0.405 e. The average Bonchev–Trinajstić information content (AvgIpc) is 3.41. The van der Waals surface area contributed by atoms with Gasteiger partial charge in [0.05, 0.1) is 0 Å². The van der Waals surface area contributed by atoms with Crippen molar-refractivity contribution in [2.45, 2.75) is 90.4 Å². The highest BCUT2D eigenvalue weighted by molar-refractivity contribution is 5.93. The number of carbonyl (C=O) groups excluding carboxylic acids is 5. The zero-order valence-corrected chi connectivity index (χ0v) is 20.0. The Morgan fingerprint density at radius 3 is 2.06 bits per heavy atom. The molecule has 0 bridgehead atoms. The number of carbonyl (C=O) groups is 5. The van der Waals surface area contributed by atoms with E-state index in [-0.39, 0.29) is 18.2 Å². The Bertz CT molecular complexity index is 802. The summed E-state index contributed by atoms with van der Waals surface area (Å²) >= 11 is 0. The Labute approximate surface area is 194 Å². The number of nitrogens with one attached hydrogen (secondary N) is 3. The lowest BCUT2D eigenvalue weighted by Gasteiger charge is -2.30. The van der Waals surface area contributed by atoms with Crippen molar-refractivity contribution in [2.75, 3.05) is 0 Å². The third kappa shape index (κ3) is 7.90. The van der Waals surface area contributed by atoms with Crippen LogP contribution in [0.1, 0.15) is 66.7 Å². The molecule has 33 heavy (non-hydrogen) atoms. The molecule has 3 unspecified atom stereocenters. The van der Waals surface area contributed by atoms with Crippen LogP contribution < -0.4 is 27.4 Å². The molecule has 2 aliphatic rings. The fourth-order valence-corrected chi connectivity index (χ4v) is 4.09. The molecule has 2 rings (SSSR count). The van der Waals surface area contributed by atoms with E-state index in [2.05, 4.69) is 16.0 Å². The number of amides is 5. The molecule has 1 saturated carbocycles. The average molecular weight is 468 g/mol. The van der Waals surface area contributed by atoms with Crippen LogP contribution in [0.15, 0.2) is 0 Å². The minimum absolute atomic E-state index is 0.0653. The van der Waals surface area contributed by atoms with Crippen LogP contribution in [0.25, 0.3) is 0 Å². The number of ether oxygens (including phenoxy) is 1. The number of primary amides is 2. The van der Waals surface area contributed by atoms with E-state index in [0.717, 1.165) is 12.8 Å². The predicted molar refractivity (Wildman–Crippen MR) is 119 cm³/mol. The van der Waals surface area contributed by atoms with E-state index in [1.165, 1.54) is 0 Å². The molecule has 11 nitrogen and oxygen atoms in total. The lowest BCUT2D eigenvalue weighted by molar-refractivity contribution is -0.139. The van der Waals surface area contributed by atoms with Crippen LogP contribution in [0.4, 0.5) is 4.79 Å². The predicted octanol–water partition coefficient (Wildman–Crippen LogP) is 0.0562. The SMILES string of the molecule is CC1(C)C[C@@H](CC(NC(=O)C(CC2CC2)NC(=O)C(OC(N)=O)C(C)(C)C)C(N)=O)C(=O)N1. The first-order valence-electron chi connectivity index (χ1n) is 11.3. The van der Waals surface area contributed by atoms with E-state index in [9.17, 15) is 24.0 Å². The van der Waals surface area contributed by atoms with Crippen LogP contribution in [-0.4, -0.2) is 53.4 Å². The van der Waals surface area contributed by atoms with Gasteiger partial charge in [-0.2, -0.15) is 0 Å². The van der Waals surface area contributed by atoms with Crippen molar-refractivity contribution in [1.82, 2.24) is 16.0 Å². The molecule has 186 valence electrons. The fraction of sp³-hybridized carbons (Fsp3) is 0.773. The van der Waals surface area contributed by atoms with Crippen LogP contribution >= 0.6 is 0 Å². The van der Waals surface area contributed by atoms with Crippen LogP contribution in [0.5, 0.6) is 0 Å². The molecular weight excluding hydrogens is 430 g/mol. The number of hydrogen-bond acceptors (Lipinski definition) is 6. The van der Waals surface area contributed by atoms with Gasteiger partial charge in [0.25, 0.3) is 5.91 Å². The second kappa shape index (κ2) is 9.96. The van der Waals surface area contributed by atoms with Gasteiger partial charge in [0, 0.05) is 16.9 Å². The van der Waals surface area contributed by atoms with E-state index in [1.54, 1.807) is 20.8 Å². The minimum Gasteiger partial charge on any atom is -0.436 e. The van der Waals surface area contributed by atoms with E-state index in [0.29, 0.717) is 12.8 Å². The summed E-state index contributed by atoms with van der Waals surface area (Å²) in [7, 11) is 0. The van der Waals surface area contributed by atoms with Crippen LogP contribution in [0, 0.1) is 17.3 Å². The second-order valence-electron chi connectivity index (χ2n) is 10.9. The third-order valence-corrected chi connectivity index (χ3v) is 5.93. The van der Waals surface area contributed by atoms with Crippen molar-refractivity contribution in [3.05, 3.63) is 0 Å². The standard InChI is InChI=1S/C22H37N5O6/c1-21(2,3)15(33-20(24)32)19(31)26-14(8-11-6-7-11)18(30)25-13(16(23)28)9-12-10-22(4,5)27-17(12)29/h11-15H,6-10H2,1-5H3,(H2,23,28)(H2,24,32)(H,25,30)(H,26,31)(H,27,29)/t12-,13?,14?,15?/m1/s1.